The Hall–Kier alpha value is -0.540. The molecule has 2 atom stereocenters. The maximum absolute atomic E-state index is 13.3. The second-order valence-corrected chi connectivity index (χ2v) is 3.88. The number of alkyl halides is 1. The molecule has 1 nitrogen and oxygen atoms in total. The highest BCUT2D eigenvalue weighted by atomic mass is 32.2. The Balaban J connectivity index is 2.50. The Kier molecular flexibility index (Phi) is 4.25. The summed E-state index contributed by atoms with van der Waals surface area (Å²) in [7, 11) is 1.52. The van der Waals surface area contributed by atoms with Crippen LogP contribution < -0.4 is 0 Å². The zero-order valence-corrected chi connectivity index (χ0v) is 8.55. The monoisotopic (exact) mass is 200 g/mol. The number of methoxy groups -OCH3 is 1. The molecule has 0 bridgehead atoms. The van der Waals surface area contributed by atoms with Gasteiger partial charge < -0.3 is 4.74 Å². The molecule has 0 amide bonds. The second-order valence-electron chi connectivity index (χ2n) is 2.72. The molecule has 0 heterocycles. The highest BCUT2D eigenvalue weighted by Crippen LogP contribution is 2.26. The molecule has 72 valence electrons. The fraction of sp³-hybridized carbons (Fsp3) is 0.400. The number of thioether (sulfide) groups is 1. The van der Waals surface area contributed by atoms with Gasteiger partial charge in [-0.1, -0.05) is 30.0 Å². The average molecular weight is 200 g/mol. The highest BCUT2D eigenvalue weighted by Gasteiger charge is 2.16. The molecule has 0 unspecified atom stereocenters. The summed E-state index contributed by atoms with van der Waals surface area (Å²) in [6, 6.07) is 9.48. The molecular weight excluding hydrogens is 187 g/mol. The Bertz CT molecular complexity index is 240. The van der Waals surface area contributed by atoms with Crippen molar-refractivity contribution in [2.45, 2.75) is 23.4 Å². The van der Waals surface area contributed by atoms with Crippen molar-refractivity contribution in [3.63, 3.8) is 0 Å². The van der Waals surface area contributed by atoms with Crippen molar-refractivity contribution < 1.29 is 9.13 Å². The van der Waals surface area contributed by atoms with Gasteiger partial charge in [0.05, 0.1) is 6.10 Å². The van der Waals surface area contributed by atoms with Crippen molar-refractivity contribution in [1.82, 2.24) is 0 Å². The van der Waals surface area contributed by atoms with Crippen LogP contribution in [-0.2, 0) is 4.74 Å². The molecule has 0 N–H and O–H groups in total. The molecule has 0 saturated heterocycles. The summed E-state index contributed by atoms with van der Waals surface area (Å²) >= 11 is 1.18. The zero-order chi connectivity index (χ0) is 9.68. The number of rotatable bonds is 4. The quantitative estimate of drug-likeness (QED) is 0.691. The summed E-state index contributed by atoms with van der Waals surface area (Å²) in [6.07, 6.45) is -0.370. The minimum absolute atomic E-state index is 0.370. The molecule has 0 aliphatic rings. The fourth-order valence-corrected chi connectivity index (χ4v) is 1.71. The second kappa shape index (κ2) is 5.25. The van der Waals surface area contributed by atoms with Crippen LogP contribution in [0.25, 0.3) is 0 Å². The molecule has 0 aliphatic heterocycles. The maximum atomic E-state index is 13.3. The molecule has 0 aromatic heterocycles. The first-order chi connectivity index (χ1) is 6.24. The van der Waals surface area contributed by atoms with Gasteiger partial charge in [-0.25, -0.2) is 4.39 Å². The van der Waals surface area contributed by atoms with E-state index >= 15 is 0 Å². The van der Waals surface area contributed by atoms with Gasteiger partial charge in [-0.2, -0.15) is 0 Å². The van der Waals surface area contributed by atoms with E-state index in [1.54, 1.807) is 6.92 Å². The SMILES string of the molecule is CO[C@H](C)[C@H](F)Sc1ccccc1. The van der Waals surface area contributed by atoms with E-state index in [9.17, 15) is 4.39 Å². The summed E-state index contributed by atoms with van der Waals surface area (Å²) in [5.74, 6) is 0. The van der Waals surface area contributed by atoms with E-state index in [1.807, 2.05) is 30.3 Å². The summed E-state index contributed by atoms with van der Waals surface area (Å²) in [4.78, 5) is 0.930. The lowest BCUT2D eigenvalue weighted by atomic mass is 10.4. The highest BCUT2D eigenvalue weighted by molar-refractivity contribution is 7.99. The first kappa shape index (κ1) is 10.5. The lowest BCUT2D eigenvalue weighted by molar-refractivity contribution is 0.0812. The Morgan fingerprint density at radius 1 is 1.31 bits per heavy atom. The molecule has 0 spiro atoms. The van der Waals surface area contributed by atoms with Crippen LogP contribution in [0.3, 0.4) is 0 Å². The van der Waals surface area contributed by atoms with Crippen LogP contribution >= 0.6 is 11.8 Å². The van der Waals surface area contributed by atoms with Crippen molar-refractivity contribution in [2.75, 3.05) is 7.11 Å². The van der Waals surface area contributed by atoms with Gasteiger partial charge in [-0.15, -0.1) is 0 Å². The Morgan fingerprint density at radius 3 is 2.46 bits per heavy atom. The van der Waals surface area contributed by atoms with Crippen LogP contribution in [0, 0.1) is 0 Å². The topological polar surface area (TPSA) is 9.23 Å². The van der Waals surface area contributed by atoms with Gasteiger partial charge in [0, 0.05) is 12.0 Å². The van der Waals surface area contributed by atoms with Crippen LogP contribution in [0.1, 0.15) is 6.92 Å². The molecule has 13 heavy (non-hydrogen) atoms. The third kappa shape index (κ3) is 3.36. The Labute approximate surface area is 82.3 Å². The van der Waals surface area contributed by atoms with Crippen molar-refractivity contribution in [2.24, 2.45) is 0 Å². The number of hydrogen-bond acceptors (Lipinski definition) is 2. The zero-order valence-electron chi connectivity index (χ0n) is 7.74. The van der Waals surface area contributed by atoms with Crippen molar-refractivity contribution >= 4 is 11.8 Å². The van der Waals surface area contributed by atoms with Crippen molar-refractivity contribution in [1.29, 1.82) is 0 Å². The molecule has 0 fully saturated rings. The first-order valence-corrected chi connectivity index (χ1v) is 5.00. The fourth-order valence-electron chi connectivity index (χ4n) is 0.832. The maximum Gasteiger partial charge on any atom is 0.176 e. The summed E-state index contributed by atoms with van der Waals surface area (Å²) in [6.45, 7) is 1.72. The van der Waals surface area contributed by atoms with Gasteiger partial charge in [0.15, 0.2) is 5.50 Å². The van der Waals surface area contributed by atoms with Gasteiger partial charge in [0.25, 0.3) is 0 Å². The van der Waals surface area contributed by atoms with Gasteiger partial charge in [-0.3, -0.25) is 0 Å². The van der Waals surface area contributed by atoms with Gasteiger partial charge >= 0.3 is 0 Å². The van der Waals surface area contributed by atoms with Crippen LogP contribution in [0.5, 0.6) is 0 Å². The third-order valence-corrected chi connectivity index (χ3v) is 2.89. The van der Waals surface area contributed by atoms with E-state index in [0.29, 0.717) is 0 Å². The summed E-state index contributed by atoms with van der Waals surface area (Å²) in [5, 5.41) is 0. The predicted molar refractivity (Wildman–Crippen MR) is 53.7 cm³/mol. The van der Waals surface area contributed by atoms with E-state index in [1.165, 1.54) is 18.9 Å². The van der Waals surface area contributed by atoms with Crippen LogP contribution in [0.4, 0.5) is 4.39 Å². The number of halogens is 1. The number of benzene rings is 1. The molecule has 3 heteroatoms. The molecule has 1 aromatic carbocycles. The standard InChI is InChI=1S/C10H13FOS/c1-8(12-2)10(11)13-9-6-4-3-5-7-9/h3-8,10H,1-2H3/t8-,10-/m1/s1. The van der Waals surface area contributed by atoms with Crippen LogP contribution in [0.15, 0.2) is 35.2 Å². The van der Waals surface area contributed by atoms with Gasteiger partial charge in [-0.05, 0) is 19.1 Å². The van der Waals surface area contributed by atoms with Crippen LogP contribution in [0.2, 0.25) is 0 Å². The molecule has 1 aromatic rings. The average Bonchev–Trinajstić information content (AvgIpc) is 2.18. The van der Waals surface area contributed by atoms with Crippen molar-refractivity contribution in [3.05, 3.63) is 30.3 Å². The predicted octanol–water partition coefficient (Wildman–Crippen LogP) is 3.11. The van der Waals surface area contributed by atoms with E-state index in [-0.39, 0.29) is 6.10 Å². The number of ether oxygens (including phenoxy) is 1. The smallest absolute Gasteiger partial charge is 0.176 e. The van der Waals surface area contributed by atoms with Gasteiger partial charge in [0.1, 0.15) is 0 Å². The minimum Gasteiger partial charge on any atom is -0.378 e. The third-order valence-electron chi connectivity index (χ3n) is 1.73. The lowest BCUT2D eigenvalue weighted by Gasteiger charge is -2.14. The largest absolute Gasteiger partial charge is 0.378 e. The first-order valence-electron chi connectivity index (χ1n) is 4.12. The molecule has 0 saturated carbocycles. The lowest BCUT2D eigenvalue weighted by Crippen LogP contribution is -2.16. The van der Waals surface area contributed by atoms with E-state index < -0.39 is 5.50 Å². The number of hydrogen-bond donors (Lipinski definition) is 0. The molecular formula is C10H13FOS. The summed E-state index contributed by atoms with van der Waals surface area (Å²) in [5.41, 5.74) is -1.01. The van der Waals surface area contributed by atoms with E-state index in [4.69, 9.17) is 4.74 Å². The minimum atomic E-state index is -1.01. The molecule has 0 aliphatic carbocycles. The van der Waals surface area contributed by atoms with Crippen LogP contribution in [-0.4, -0.2) is 18.7 Å². The van der Waals surface area contributed by atoms with E-state index in [2.05, 4.69) is 0 Å². The molecule has 1 rings (SSSR count). The Morgan fingerprint density at radius 2 is 1.92 bits per heavy atom. The van der Waals surface area contributed by atoms with E-state index in [0.717, 1.165) is 4.90 Å². The summed E-state index contributed by atoms with van der Waals surface area (Å²) < 4.78 is 18.2. The van der Waals surface area contributed by atoms with Gasteiger partial charge in [0.2, 0.25) is 0 Å². The molecule has 0 radical (unpaired) electrons. The normalized spacial score (nSPS) is 15.3. The van der Waals surface area contributed by atoms with Crippen molar-refractivity contribution in [3.8, 4) is 0 Å².